The molecule has 0 heterocycles. The molecule has 0 unspecified atom stereocenters. The molecule has 0 radical (unpaired) electrons. The van der Waals surface area contributed by atoms with Crippen LogP contribution in [0.25, 0.3) is 0 Å². The molecule has 0 amide bonds. The lowest BCUT2D eigenvalue weighted by atomic mass is 10.1. The summed E-state index contributed by atoms with van der Waals surface area (Å²) in [5.74, 6) is 0. The van der Waals surface area contributed by atoms with Gasteiger partial charge in [-0.2, -0.15) is 0 Å². The van der Waals surface area contributed by atoms with E-state index in [1.165, 1.54) is 11.1 Å². The van der Waals surface area contributed by atoms with Crippen LogP contribution in [0.3, 0.4) is 0 Å². The Morgan fingerprint density at radius 3 is 2.06 bits per heavy atom. The molecule has 3 N–H and O–H groups in total. The molecule has 0 spiro atoms. The van der Waals surface area contributed by atoms with E-state index < -0.39 is 0 Å². The zero-order valence-electron chi connectivity index (χ0n) is 10.1. The summed E-state index contributed by atoms with van der Waals surface area (Å²) in [6, 6.07) is 16.5. The summed E-state index contributed by atoms with van der Waals surface area (Å²) >= 11 is 0. The highest BCUT2D eigenvalue weighted by Crippen LogP contribution is 2.12. The lowest BCUT2D eigenvalue weighted by molar-refractivity contribution is 1.12. The van der Waals surface area contributed by atoms with Gasteiger partial charge in [-0.25, -0.2) is 0 Å². The molecule has 2 aromatic rings. The largest absolute Gasteiger partial charge is 0.399 e. The molecule has 2 nitrogen and oxygen atoms in total. The van der Waals surface area contributed by atoms with Gasteiger partial charge in [0.15, 0.2) is 0 Å². The summed E-state index contributed by atoms with van der Waals surface area (Å²) in [5, 5.41) is 3.39. The summed E-state index contributed by atoms with van der Waals surface area (Å²) < 4.78 is 0. The zero-order chi connectivity index (χ0) is 12.1. The van der Waals surface area contributed by atoms with E-state index in [1.54, 1.807) is 0 Å². The highest BCUT2D eigenvalue weighted by atomic mass is 14.9. The third-order valence-electron chi connectivity index (χ3n) is 2.84. The van der Waals surface area contributed by atoms with Gasteiger partial charge in [-0.05, 0) is 41.8 Å². The topological polar surface area (TPSA) is 38.0 Å². The minimum atomic E-state index is 0.807. The molecule has 0 aliphatic heterocycles. The molecular weight excluding hydrogens is 208 g/mol. The van der Waals surface area contributed by atoms with Gasteiger partial charge in [-0.15, -0.1) is 0 Å². The standard InChI is InChI=1S/C15H18N2/c1-2-12-5-9-15(10-6-12)17-11-13-3-7-14(16)8-4-13/h3-10,17H,2,11,16H2,1H3. The summed E-state index contributed by atoms with van der Waals surface area (Å²) in [7, 11) is 0. The van der Waals surface area contributed by atoms with Crippen molar-refractivity contribution in [2.75, 3.05) is 11.1 Å². The van der Waals surface area contributed by atoms with Crippen molar-refractivity contribution in [3.8, 4) is 0 Å². The quantitative estimate of drug-likeness (QED) is 0.784. The van der Waals surface area contributed by atoms with Gasteiger partial charge in [-0.3, -0.25) is 0 Å². The third-order valence-corrected chi connectivity index (χ3v) is 2.84. The molecule has 0 atom stereocenters. The van der Waals surface area contributed by atoms with Crippen molar-refractivity contribution < 1.29 is 0 Å². The lowest BCUT2D eigenvalue weighted by Crippen LogP contribution is -1.99. The molecule has 0 aromatic heterocycles. The Kier molecular flexibility index (Phi) is 3.66. The maximum absolute atomic E-state index is 5.65. The maximum atomic E-state index is 5.65. The van der Waals surface area contributed by atoms with Crippen LogP contribution in [0.5, 0.6) is 0 Å². The van der Waals surface area contributed by atoms with E-state index in [0.717, 1.165) is 24.3 Å². The van der Waals surface area contributed by atoms with Gasteiger partial charge in [-0.1, -0.05) is 31.2 Å². The first-order chi connectivity index (χ1) is 8.28. The van der Waals surface area contributed by atoms with Gasteiger partial charge in [0.2, 0.25) is 0 Å². The Bertz CT molecular complexity index is 457. The molecule has 0 saturated carbocycles. The molecule has 2 aromatic carbocycles. The molecule has 0 aliphatic rings. The first kappa shape index (κ1) is 11.5. The summed E-state index contributed by atoms with van der Waals surface area (Å²) in [6.07, 6.45) is 1.08. The van der Waals surface area contributed by atoms with Crippen molar-refractivity contribution in [3.63, 3.8) is 0 Å². The van der Waals surface area contributed by atoms with Gasteiger partial charge < -0.3 is 11.1 Å². The van der Waals surface area contributed by atoms with Crippen molar-refractivity contribution >= 4 is 11.4 Å². The number of nitrogens with two attached hydrogens (primary N) is 1. The van der Waals surface area contributed by atoms with Gasteiger partial charge in [0.1, 0.15) is 0 Å². The number of nitrogens with one attached hydrogen (secondary N) is 1. The molecule has 0 fully saturated rings. The van der Waals surface area contributed by atoms with Gasteiger partial charge >= 0.3 is 0 Å². The normalized spacial score (nSPS) is 10.2. The fourth-order valence-corrected chi connectivity index (χ4v) is 1.70. The van der Waals surface area contributed by atoms with Crippen molar-refractivity contribution in [2.45, 2.75) is 19.9 Å². The Morgan fingerprint density at radius 2 is 1.47 bits per heavy atom. The summed E-state index contributed by atoms with van der Waals surface area (Å²) in [4.78, 5) is 0. The van der Waals surface area contributed by atoms with Crippen molar-refractivity contribution in [1.29, 1.82) is 0 Å². The fraction of sp³-hybridized carbons (Fsp3) is 0.200. The van der Waals surface area contributed by atoms with Crippen LogP contribution < -0.4 is 11.1 Å². The molecule has 17 heavy (non-hydrogen) atoms. The van der Waals surface area contributed by atoms with Gasteiger partial charge in [0, 0.05) is 17.9 Å². The van der Waals surface area contributed by atoms with Gasteiger partial charge in [0.25, 0.3) is 0 Å². The zero-order valence-corrected chi connectivity index (χ0v) is 10.1. The van der Waals surface area contributed by atoms with E-state index in [0.29, 0.717) is 0 Å². The van der Waals surface area contributed by atoms with Gasteiger partial charge in [0.05, 0.1) is 0 Å². The average molecular weight is 226 g/mol. The molecule has 0 bridgehead atoms. The Morgan fingerprint density at radius 1 is 0.882 bits per heavy atom. The Balaban J connectivity index is 1.95. The van der Waals surface area contributed by atoms with Crippen LogP contribution >= 0.6 is 0 Å². The number of nitrogen functional groups attached to an aromatic ring is 1. The van der Waals surface area contributed by atoms with Crippen LogP contribution in [0.15, 0.2) is 48.5 Å². The van der Waals surface area contributed by atoms with Crippen molar-refractivity contribution in [3.05, 3.63) is 59.7 Å². The van der Waals surface area contributed by atoms with Crippen LogP contribution in [0.1, 0.15) is 18.1 Å². The average Bonchev–Trinajstić information content (AvgIpc) is 2.39. The SMILES string of the molecule is CCc1ccc(NCc2ccc(N)cc2)cc1. The predicted octanol–water partition coefficient (Wildman–Crippen LogP) is 3.44. The number of benzene rings is 2. The fourth-order valence-electron chi connectivity index (χ4n) is 1.70. The number of hydrogen-bond acceptors (Lipinski definition) is 2. The molecule has 2 heteroatoms. The Hall–Kier alpha value is -1.96. The monoisotopic (exact) mass is 226 g/mol. The minimum absolute atomic E-state index is 0.807. The number of rotatable bonds is 4. The lowest BCUT2D eigenvalue weighted by Gasteiger charge is -2.07. The molecular formula is C15H18N2. The number of aryl methyl sites for hydroxylation is 1. The smallest absolute Gasteiger partial charge is 0.0400 e. The second-order valence-corrected chi connectivity index (χ2v) is 4.15. The minimum Gasteiger partial charge on any atom is -0.399 e. The van der Waals surface area contributed by atoms with E-state index in [-0.39, 0.29) is 0 Å². The van der Waals surface area contributed by atoms with Crippen LogP contribution in [-0.2, 0) is 13.0 Å². The highest BCUT2D eigenvalue weighted by molar-refractivity contribution is 5.46. The Labute approximate surface area is 102 Å². The van der Waals surface area contributed by atoms with Crippen LogP contribution in [0.2, 0.25) is 0 Å². The maximum Gasteiger partial charge on any atom is 0.0400 e. The van der Waals surface area contributed by atoms with E-state index in [2.05, 4.69) is 36.5 Å². The predicted molar refractivity (Wildman–Crippen MR) is 74.0 cm³/mol. The second kappa shape index (κ2) is 5.39. The first-order valence-corrected chi connectivity index (χ1v) is 5.95. The van der Waals surface area contributed by atoms with Crippen molar-refractivity contribution in [1.82, 2.24) is 0 Å². The molecule has 2 rings (SSSR count). The third kappa shape index (κ3) is 3.25. The summed E-state index contributed by atoms with van der Waals surface area (Å²) in [6.45, 7) is 2.99. The van der Waals surface area contributed by atoms with E-state index >= 15 is 0 Å². The molecule has 0 aliphatic carbocycles. The molecule has 88 valence electrons. The second-order valence-electron chi connectivity index (χ2n) is 4.15. The number of anilines is 2. The van der Waals surface area contributed by atoms with E-state index in [1.807, 2.05) is 24.3 Å². The van der Waals surface area contributed by atoms with Crippen molar-refractivity contribution in [2.24, 2.45) is 0 Å². The van der Waals surface area contributed by atoms with Crippen LogP contribution in [0, 0.1) is 0 Å². The van der Waals surface area contributed by atoms with E-state index in [4.69, 9.17) is 5.73 Å². The van der Waals surface area contributed by atoms with E-state index in [9.17, 15) is 0 Å². The first-order valence-electron chi connectivity index (χ1n) is 5.95. The number of hydrogen-bond donors (Lipinski definition) is 2. The molecule has 0 saturated heterocycles. The van der Waals surface area contributed by atoms with Crippen LogP contribution in [0.4, 0.5) is 11.4 Å². The summed E-state index contributed by atoms with van der Waals surface area (Å²) in [5.41, 5.74) is 10.2. The highest BCUT2D eigenvalue weighted by Gasteiger charge is 1.94. The van der Waals surface area contributed by atoms with Crippen LogP contribution in [-0.4, -0.2) is 0 Å².